The summed E-state index contributed by atoms with van der Waals surface area (Å²) in [4.78, 5) is 22.9. The third-order valence-corrected chi connectivity index (χ3v) is 2.86. The Morgan fingerprint density at radius 2 is 1.94 bits per heavy atom. The molecule has 0 bridgehead atoms. The predicted octanol–water partition coefficient (Wildman–Crippen LogP) is 2.94. The van der Waals surface area contributed by atoms with Crippen LogP contribution < -0.4 is 0 Å². The summed E-state index contributed by atoms with van der Waals surface area (Å²) in [5.41, 5.74) is 0.347. The number of nitrogens with zero attached hydrogens (tertiary/aromatic N) is 1. The molecule has 0 spiro atoms. The predicted molar refractivity (Wildman–Crippen MR) is 73.1 cm³/mol. The first-order valence-corrected chi connectivity index (χ1v) is 6.64. The molecular weight excluding hydrogens is 230 g/mol. The molecule has 1 atom stereocenters. The third kappa shape index (κ3) is 8.25. The molecule has 0 N–H and O–H groups in total. The molecule has 18 heavy (non-hydrogen) atoms. The third-order valence-electron chi connectivity index (χ3n) is 2.86. The molecule has 1 unspecified atom stereocenters. The number of carbonyl (C=O) groups is 1. The summed E-state index contributed by atoms with van der Waals surface area (Å²) in [6.45, 7) is 7.69. The summed E-state index contributed by atoms with van der Waals surface area (Å²) >= 11 is 0. The smallest absolute Gasteiger partial charge is 0.304 e. The highest BCUT2D eigenvalue weighted by Gasteiger charge is 2.13. The van der Waals surface area contributed by atoms with Gasteiger partial charge in [-0.3, -0.25) is 4.89 Å². The summed E-state index contributed by atoms with van der Waals surface area (Å²) < 4.78 is 0. The van der Waals surface area contributed by atoms with Crippen LogP contribution in [0, 0.1) is 0 Å². The number of hydrogen-bond donors (Lipinski definition) is 0. The van der Waals surface area contributed by atoms with E-state index in [9.17, 15) is 4.79 Å². The van der Waals surface area contributed by atoms with E-state index < -0.39 is 5.97 Å². The van der Waals surface area contributed by atoms with Crippen molar-refractivity contribution in [2.45, 2.75) is 52.0 Å². The van der Waals surface area contributed by atoms with E-state index >= 15 is 0 Å². The van der Waals surface area contributed by atoms with E-state index in [0.717, 1.165) is 6.42 Å². The molecule has 0 amide bonds. The zero-order chi connectivity index (χ0) is 14.0. The zero-order valence-corrected chi connectivity index (χ0v) is 12.2. The maximum absolute atomic E-state index is 11.1. The molecule has 0 aliphatic rings. The SMILES string of the molecule is C=C(C)C(=O)OOCC(CCCCCC)N(C)C. The van der Waals surface area contributed by atoms with Gasteiger partial charge in [-0.05, 0) is 27.4 Å². The summed E-state index contributed by atoms with van der Waals surface area (Å²) in [5.74, 6) is -0.501. The number of unbranched alkanes of at least 4 members (excludes halogenated alkanes) is 3. The van der Waals surface area contributed by atoms with Crippen LogP contribution in [-0.4, -0.2) is 37.6 Å². The number of carbonyl (C=O) groups excluding carboxylic acids is 1. The highest BCUT2D eigenvalue weighted by Crippen LogP contribution is 2.09. The highest BCUT2D eigenvalue weighted by molar-refractivity contribution is 5.86. The monoisotopic (exact) mass is 257 g/mol. The Morgan fingerprint density at radius 3 is 2.44 bits per heavy atom. The van der Waals surface area contributed by atoms with Crippen molar-refractivity contribution >= 4 is 5.97 Å². The summed E-state index contributed by atoms with van der Waals surface area (Å²) in [5, 5.41) is 0. The van der Waals surface area contributed by atoms with Gasteiger partial charge >= 0.3 is 5.97 Å². The van der Waals surface area contributed by atoms with Gasteiger partial charge < -0.3 is 4.90 Å². The Balaban J connectivity index is 3.83. The van der Waals surface area contributed by atoms with Gasteiger partial charge in [0.1, 0.15) is 6.61 Å². The van der Waals surface area contributed by atoms with Crippen LogP contribution in [0.4, 0.5) is 0 Å². The van der Waals surface area contributed by atoms with Gasteiger partial charge in [0.2, 0.25) is 0 Å². The molecule has 0 rings (SSSR count). The molecule has 0 fully saturated rings. The van der Waals surface area contributed by atoms with E-state index in [4.69, 9.17) is 4.89 Å². The molecule has 0 aliphatic carbocycles. The second-order valence-electron chi connectivity index (χ2n) is 4.90. The zero-order valence-electron chi connectivity index (χ0n) is 12.2. The number of rotatable bonds is 10. The van der Waals surface area contributed by atoms with Crippen LogP contribution in [-0.2, 0) is 14.6 Å². The first-order chi connectivity index (χ1) is 8.49. The number of hydrogen-bond acceptors (Lipinski definition) is 4. The molecule has 0 aromatic carbocycles. The Morgan fingerprint density at radius 1 is 1.28 bits per heavy atom. The molecule has 0 radical (unpaired) electrons. The van der Waals surface area contributed by atoms with Crippen molar-refractivity contribution in [1.29, 1.82) is 0 Å². The van der Waals surface area contributed by atoms with Gasteiger partial charge in [-0.1, -0.05) is 39.2 Å². The fourth-order valence-corrected chi connectivity index (χ4v) is 1.53. The van der Waals surface area contributed by atoms with Crippen LogP contribution in [0.1, 0.15) is 46.0 Å². The molecule has 0 aliphatic heterocycles. The van der Waals surface area contributed by atoms with Crippen LogP contribution in [0.5, 0.6) is 0 Å². The lowest BCUT2D eigenvalue weighted by Gasteiger charge is -2.23. The second kappa shape index (κ2) is 10.1. The van der Waals surface area contributed by atoms with E-state index in [1.54, 1.807) is 6.92 Å². The molecule has 0 heterocycles. The molecule has 0 aromatic rings. The summed E-state index contributed by atoms with van der Waals surface area (Å²) in [7, 11) is 4.02. The largest absolute Gasteiger partial charge is 0.368 e. The normalized spacial score (nSPS) is 12.5. The Kier molecular flexibility index (Phi) is 9.60. The fourth-order valence-electron chi connectivity index (χ4n) is 1.53. The van der Waals surface area contributed by atoms with Crippen molar-refractivity contribution in [3.8, 4) is 0 Å². The van der Waals surface area contributed by atoms with Crippen LogP contribution in [0.3, 0.4) is 0 Å². The molecule has 4 heteroatoms. The van der Waals surface area contributed by atoms with Gasteiger partial charge in [0.05, 0.1) is 0 Å². The average molecular weight is 257 g/mol. The average Bonchev–Trinajstić information content (AvgIpc) is 2.31. The second-order valence-corrected chi connectivity index (χ2v) is 4.90. The Bertz CT molecular complexity index is 251. The van der Waals surface area contributed by atoms with Crippen LogP contribution >= 0.6 is 0 Å². The highest BCUT2D eigenvalue weighted by atomic mass is 17.2. The molecule has 0 saturated carbocycles. The molecular formula is C14H27NO3. The van der Waals surface area contributed by atoms with E-state index in [1.165, 1.54) is 25.7 Å². The lowest BCUT2D eigenvalue weighted by molar-refractivity contribution is -0.274. The first kappa shape index (κ1) is 17.1. The maximum atomic E-state index is 11.1. The van der Waals surface area contributed by atoms with Gasteiger partial charge in [0.15, 0.2) is 0 Å². The topological polar surface area (TPSA) is 38.8 Å². The van der Waals surface area contributed by atoms with Crippen molar-refractivity contribution < 1.29 is 14.6 Å². The van der Waals surface area contributed by atoms with E-state index in [0.29, 0.717) is 12.2 Å². The lowest BCUT2D eigenvalue weighted by atomic mass is 10.1. The van der Waals surface area contributed by atoms with Gasteiger partial charge in [-0.15, -0.1) is 0 Å². The van der Waals surface area contributed by atoms with Gasteiger partial charge in [-0.2, -0.15) is 4.89 Å². The minimum absolute atomic E-state index is 0.278. The van der Waals surface area contributed by atoms with Crippen molar-refractivity contribution in [1.82, 2.24) is 4.90 Å². The summed E-state index contributed by atoms with van der Waals surface area (Å²) in [6.07, 6.45) is 5.98. The van der Waals surface area contributed by atoms with Crippen LogP contribution in [0.15, 0.2) is 12.2 Å². The molecule has 0 aromatic heterocycles. The van der Waals surface area contributed by atoms with Crippen molar-refractivity contribution in [3.05, 3.63) is 12.2 Å². The standard InChI is InChI=1S/C14H27NO3/c1-6-7-8-9-10-13(15(4)5)11-17-18-14(16)12(2)3/h13H,2,6-11H2,1,3-5H3. The quantitative estimate of drug-likeness (QED) is 0.261. The lowest BCUT2D eigenvalue weighted by Crippen LogP contribution is -2.32. The van der Waals surface area contributed by atoms with Crippen LogP contribution in [0.25, 0.3) is 0 Å². The molecule has 4 nitrogen and oxygen atoms in total. The van der Waals surface area contributed by atoms with Crippen LogP contribution in [0.2, 0.25) is 0 Å². The first-order valence-electron chi connectivity index (χ1n) is 6.64. The molecule has 0 saturated heterocycles. The van der Waals surface area contributed by atoms with Crippen molar-refractivity contribution in [2.75, 3.05) is 20.7 Å². The number of likely N-dealkylation sites (N-methyl/N-ethyl adjacent to an activating group) is 1. The Hall–Kier alpha value is -0.870. The van der Waals surface area contributed by atoms with E-state index in [2.05, 4.69) is 23.3 Å². The van der Waals surface area contributed by atoms with E-state index in [1.807, 2.05) is 14.1 Å². The minimum atomic E-state index is -0.501. The Labute approximate surface area is 111 Å². The van der Waals surface area contributed by atoms with Gasteiger partial charge in [-0.25, -0.2) is 4.79 Å². The van der Waals surface area contributed by atoms with E-state index in [-0.39, 0.29) is 6.04 Å². The van der Waals surface area contributed by atoms with Gasteiger partial charge in [0.25, 0.3) is 0 Å². The van der Waals surface area contributed by atoms with Gasteiger partial charge in [0, 0.05) is 11.6 Å². The minimum Gasteiger partial charge on any atom is -0.304 e. The fraction of sp³-hybridized carbons (Fsp3) is 0.786. The maximum Gasteiger partial charge on any atom is 0.368 e. The molecule has 106 valence electrons. The van der Waals surface area contributed by atoms with Crippen molar-refractivity contribution in [2.24, 2.45) is 0 Å². The van der Waals surface area contributed by atoms with Crippen molar-refractivity contribution in [3.63, 3.8) is 0 Å². The summed E-state index contributed by atoms with van der Waals surface area (Å²) in [6, 6.07) is 0.278.